The second-order valence-corrected chi connectivity index (χ2v) is 7.44. The van der Waals surface area contributed by atoms with Gasteiger partial charge in [-0.2, -0.15) is 0 Å². The van der Waals surface area contributed by atoms with Crippen molar-refractivity contribution in [2.24, 2.45) is 5.41 Å². The molecule has 0 radical (unpaired) electrons. The molecule has 8 nitrogen and oxygen atoms in total. The first-order valence-electron chi connectivity index (χ1n) is 8.61. The van der Waals surface area contributed by atoms with Crippen molar-refractivity contribution in [3.05, 3.63) is 12.3 Å². The van der Waals surface area contributed by atoms with Crippen LogP contribution in [0.2, 0.25) is 0 Å². The zero-order valence-corrected chi connectivity index (χ0v) is 15.3. The predicted molar refractivity (Wildman–Crippen MR) is 93.0 cm³/mol. The molecule has 2 amide bonds. The number of nitrogens with one attached hydrogen (secondary N) is 1. The number of amides is 2. The summed E-state index contributed by atoms with van der Waals surface area (Å²) in [5.41, 5.74) is -0.128. The number of carbonyl (C=O) groups is 2. The van der Waals surface area contributed by atoms with Gasteiger partial charge in [0.05, 0.1) is 19.8 Å². The highest BCUT2D eigenvalue weighted by atomic mass is 16.5. The molecule has 140 valence electrons. The van der Waals surface area contributed by atoms with Crippen LogP contribution in [0.3, 0.4) is 0 Å². The fourth-order valence-corrected chi connectivity index (χ4v) is 2.58. The van der Waals surface area contributed by atoms with Crippen LogP contribution in [-0.2, 0) is 14.3 Å². The highest BCUT2D eigenvalue weighted by molar-refractivity contribution is 5.93. The Morgan fingerprint density at radius 1 is 1.32 bits per heavy atom. The Hall–Kier alpha value is -1.93. The summed E-state index contributed by atoms with van der Waals surface area (Å²) in [4.78, 5) is 28.7. The van der Waals surface area contributed by atoms with Gasteiger partial charge < -0.3 is 19.5 Å². The van der Waals surface area contributed by atoms with Crippen molar-refractivity contribution in [1.82, 2.24) is 15.0 Å². The minimum absolute atomic E-state index is 0.00606. The van der Waals surface area contributed by atoms with Crippen LogP contribution in [-0.4, -0.2) is 72.7 Å². The van der Waals surface area contributed by atoms with E-state index < -0.39 is 0 Å². The Bertz CT molecular complexity index is 547. The highest BCUT2D eigenvalue weighted by Gasteiger charge is 2.24. The minimum atomic E-state index is -0.280. The minimum Gasteiger partial charge on any atom is -0.379 e. The Labute approximate surface area is 148 Å². The maximum atomic E-state index is 12.6. The molecule has 1 aliphatic rings. The van der Waals surface area contributed by atoms with Gasteiger partial charge in [0.25, 0.3) is 0 Å². The van der Waals surface area contributed by atoms with Crippen LogP contribution >= 0.6 is 0 Å². The van der Waals surface area contributed by atoms with E-state index in [0.717, 1.165) is 19.6 Å². The largest absolute Gasteiger partial charge is 0.379 e. The van der Waals surface area contributed by atoms with Gasteiger partial charge in [-0.25, -0.2) is 0 Å². The lowest BCUT2D eigenvalue weighted by atomic mass is 9.91. The van der Waals surface area contributed by atoms with E-state index in [4.69, 9.17) is 9.26 Å². The van der Waals surface area contributed by atoms with E-state index in [2.05, 4.69) is 15.4 Å². The average Bonchev–Trinajstić information content (AvgIpc) is 3.03. The fraction of sp³-hybridized carbons (Fsp3) is 0.706. The van der Waals surface area contributed by atoms with E-state index in [0.29, 0.717) is 32.0 Å². The third kappa shape index (κ3) is 7.23. The summed E-state index contributed by atoms with van der Waals surface area (Å²) in [6, 6.07) is 1.56. The van der Waals surface area contributed by atoms with E-state index >= 15 is 0 Å². The summed E-state index contributed by atoms with van der Waals surface area (Å²) in [7, 11) is 0. The first-order chi connectivity index (χ1) is 11.8. The molecule has 0 aromatic carbocycles. The topological polar surface area (TPSA) is 87.9 Å². The lowest BCUT2D eigenvalue weighted by Crippen LogP contribution is -2.46. The first kappa shape index (κ1) is 19.4. The van der Waals surface area contributed by atoms with Gasteiger partial charge in [-0.15, -0.1) is 0 Å². The van der Waals surface area contributed by atoms with E-state index in [9.17, 15) is 9.59 Å². The second kappa shape index (κ2) is 8.96. The van der Waals surface area contributed by atoms with Crippen LogP contribution in [0, 0.1) is 5.41 Å². The first-order valence-corrected chi connectivity index (χ1v) is 8.61. The fourth-order valence-electron chi connectivity index (χ4n) is 2.58. The number of carbonyl (C=O) groups excluding carboxylic acids is 2. The van der Waals surface area contributed by atoms with Gasteiger partial charge in [-0.1, -0.05) is 25.9 Å². The summed E-state index contributed by atoms with van der Waals surface area (Å²) >= 11 is 0. The van der Waals surface area contributed by atoms with Gasteiger partial charge >= 0.3 is 0 Å². The Kier molecular flexibility index (Phi) is 6.95. The molecule has 0 spiro atoms. The molecule has 1 aliphatic heterocycles. The lowest BCUT2D eigenvalue weighted by molar-refractivity contribution is -0.136. The van der Waals surface area contributed by atoms with Crippen LogP contribution in [0.4, 0.5) is 5.82 Å². The van der Waals surface area contributed by atoms with Crippen molar-refractivity contribution in [3.63, 3.8) is 0 Å². The summed E-state index contributed by atoms with van der Waals surface area (Å²) in [6.45, 7) is 10.4. The number of rotatable bonds is 7. The molecule has 1 aromatic heterocycles. The van der Waals surface area contributed by atoms with Crippen LogP contribution < -0.4 is 5.32 Å². The Morgan fingerprint density at radius 2 is 2.04 bits per heavy atom. The third-order valence-corrected chi connectivity index (χ3v) is 3.86. The van der Waals surface area contributed by atoms with Crippen LogP contribution in [0.1, 0.15) is 27.2 Å². The van der Waals surface area contributed by atoms with Crippen molar-refractivity contribution in [2.45, 2.75) is 27.2 Å². The number of anilines is 1. The third-order valence-electron chi connectivity index (χ3n) is 3.86. The zero-order chi connectivity index (χ0) is 18.3. The standard InChI is InChI=1S/C17H28N4O4/c1-17(2,3)12-16(23)21(6-5-20-7-10-24-11-8-20)13-15(22)18-14-4-9-25-19-14/h4,9H,5-8,10-13H2,1-3H3,(H,18,19,22). The quantitative estimate of drug-likeness (QED) is 0.794. The van der Waals surface area contributed by atoms with Gasteiger partial charge in [0.15, 0.2) is 5.82 Å². The van der Waals surface area contributed by atoms with Crippen LogP contribution in [0.15, 0.2) is 16.9 Å². The molecule has 1 saturated heterocycles. The van der Waals surface area contributed by atoms with E-state index in [1.807, 2.05) is 20.8 Å². The summed E-state index contributed by atoms with van der Waals surface area (Å²) in [5.74, 6) is 0.0515. The molecule has 25 heavy (non-hydrogen) atoms. The molecule has 0 unspecified atom stereocenters. The normalized spacial score (nSPS) is 15.8. The average molecular weight is 352 g/mol. The SMILES string of the molecule is CC(C)(C)CC(=O)N(CCN1CCOCC1)CC(=O)Nc1ccon1. The van der Waals surface area contributed by atoms with Gasteiger partial charge in [0.1, 0.15) is 6.26 Å². The summed E-state index contributed by atoms with van der Waals surface area (Å²) in [5, 5.41) is 6.29. The predicted octanol–water partition coefficient (Wildman–Crippen LogP) is 1.21. The van der Waals surface area contributed by atoms with E-state index in [-0.39, 0.29) is 23.8 Å². The highest BCUT2D eigenvalue weighted by Crippen LogP contribution is 2.20. The number of hydrogen-bond donors (Lipinski definition) is 1. The second-order valence-electron chi connectivity index (χ2n) is 7.44. The van der Waals surface area contributed by atoms with Gasteiger partial charge in [-0.05, 0) is 5.41 Å². The smallest absolute Gasteiger partial charge is 0.245 e. The molecular weight excluding hydrogens is 324 g/mol. The van der Waals surface area contributed by atoms with Crippen molar-refractivity contribution in [2.75, 3.05) is 51.3 Å². The van der Waals surface area contributed by atoms with Gasteiger partial charge in [-0.3, -0.25) is 14.5 Å². The number of ether oxygens (including phenoxy) is 1. The molecule has 2 rings (SSSR count). The maximum absolute atomic E-state index is 12.6. The molecule has 0 atom stereocenters. The van der Waals surface area contributed by atoms with Crippen molar-refractivity contribution in [3.8, 4) is 0 Å². The number of hydrogen-bond acceptors (Lipinski definition) is 6. The van der Waals surface area contributed by atoms with Crippen LogP contribution in [0.25, 0.3) is 0 Å². The van der Waals surface area contributed by atoms with E-state index in [1.165, 1.54) is 6.26 Å². The summed E-state index contributed by atoms with van der Waals surface area (Å²) in [6.07, 6.45) is 1.78. The molecular formula is C17H28N4O4. The molecule has 0 bridgehead atoms. The van der Waals surface area contributed by atoms with Crippen molar-refractivity contribution >= 4 is 17.6 Å². The monoisotopic (exact) mass is 352 g/mol. The van der Waals surface area contributed by atoms with E-state index in [1.54, 1.807) is 11.0 Å². The molecule has 1 N–H and O–H groups in total. The number of nitrogens with zero attached hydrogens (tertiary/aromatic N) is 3. The van der Waals surface area contributed by atoms with Crippen molar-refractivity contribution < 1.29 is 18.8 Å². The molecule has 0 aliphatic carbocycles. The molecule has 1 aromatic rings. The van der Waals surface area contributed by atoms with Crippen LogP contribution in [0.5, 0.6) is 0 Å². The van der Waals surface area contributed by atoms with Gasteiger partial charge in [0, 0.05) is 38.7 Å². The van der Waals surface area contributed by atoms with Gasteiger partial charge in [0.2, 0.25) is 11.8 Å². The molecule has 2 heterocycles. The maximum Gasteiger partial charge on any atom is 0.245 e. The number of morpholine rings is 1. The zero-order valence-electron chi connectivity index (χ0n) is 15.3. The number of aromatic nitrogens is 1. The summed E-state index contributed by atoms with van der Waals surface area (Å²) < 4.78 is 10.0. The lowest BCUT2D eigenvalue weighted by Gasteiger charge is -2.31. The molecule has 1 fully saturated rings. The Morgan fingerprint density at radius 3 is 2.64 bits per heavy atom. The van der Waals surface area contributed by atoms with Crippen molar-refractivity contribution in [1.29, 1.82) is 0 Å². The Balaban J connectivity index is 1.92. The molecule has 0 saturated carbocycles. The molecule has 8 heteroatoms.